The second-order valence-corrected chi connectivity index (χ2v) is 6.90. The molecule has 0 spiro atoms. The van der Waals surface area contributed by atoms with E-state index in [1.54, 1.807) is 0 Å². The van der Waals surface area contributed by atoms with Crippen molar-refractivity contribution in [3.8, 4) is 0 Å². The van der Waals surface area contributed by atoms with Crippen molar-refractivity contribution in [1.29, 1.82) is 0 Å². The van der Waals surface area contributed by atoms with Gasteiger partial charge >= 0.3 is 0 Å². The maximum absolute atomic E-state index is 6.23. The molecule has 5 heteroatoms. The lowest BCUT2D eigenvalue weighted by Gasteiger charge is -2.27. The van der Waals surface area contributed by atoms with E-state index >= 15 is 0 Å². The molecule has 106 valence electrons. The van der Waals surface area contributed by atoms with Crippen molar-refractivity contribution in [3.05, 3.63) is 26.7 Å². The van der Waals surface area contributed by atoms with Gasteiger partial charge in [0.25, 0.3) is 0 Å². The molecule has 2 unspecified atom stereocenters. The molecule has 0 bridgehead atoms. The Balaban J connectivity index is 1.96. The lowest BCUT2D eigenvalue weighted by molar-refractivity contribution is 0.371. The number of nitrogens with one attached hydrogen (secondary N) is 2. The highest BCUT2D eigenvalue weighted by molar-refractivity contribution is 9.10. The zero-order valence-electron chi connectivity index (χ0n) is 11.0. The monoisotopic (exact) mass is 364 g/mol. The summed E-state index contributed by atoms with van der Waals surface area (Å²) in [6, 6.07) is 4.67. The molecule has 0 amide bonds. The van der Waals surface area contributed by atoms with Crippen LogP contribution in [0.2, 0.25) is 10.0 Å². The van der Waals surface area contributed by atoms with E-state index < -0.39 is 0 Å². The van der Waals surface area contributed by atoms with Crippen LogP contribution in [0.15, 0.2) is 16.6 Å². The third kappa shape index (κ3) is 4.52. The van der Waals surface area contributed by atoms with Gasteiger partial charge in [-0.05, 0) is 44.9 Å². The summed E-state index contributed by atoms with van der Waals surface area (Å²) in [5.41, 5.74) is 0.829. The number of anilines is 1. The van der Waals surface area contributed by atoms with Crippen LogP contribution in [0.5, 0.6) is 0 Å². The maximum Gasteiger partial charge on any atom is 0.0721 e. The standard InChI is InChI=1S/C14H19BrCl2N2/c1-9(6-11-4-2-3-5-18-11)19-14-12(16)7-10(15)8-13(14)17/h7-9,11,18-19H,2-6H2,1H3. The first kappa shape index (κ1) is 15.4. The van der Waals surface area contributed by atoms with E-state index in [0.29, 0.717) is 22.1 Å². The van der Waals surface area contributed by atoms with Crippen molar-refractivity contribution < 1.29 is 0 Å². The molecule has 1 aliphatic heterocycles. The molecule has 2 nitrogen and oxygen atoms in total. The highest BCUT2D eigenvalue weighted by atomic mass is 79.9. The van der Waals surface area contributed by atoms with Crippen LogP contribution in [0.4, 0.5) is 5.69 Å². The largest absolute Gasteiger partial charge is 0.380 e. The zero-order valence-corrected chi connectivity index (χ0v) is 14.1. The first-order valence-corrected chi connectivity index (χ1v) is 8.25. The van der Waals surface area contributed by atoms with E-state index in [0.717, 1.165) is 23.1 Å². The molecule has 0 radical (unpaired) electrons. The second-order valence-electron chi connectivity index (χ2n) is 5.17. The molecule has 1 aliphatic rings. The minimum absolute atomic E-state index is 0.340. The number of benzene rings is 1. The topological polar surface area (TPSA) is 24.1 Å². The fraction of sp³-hybridized carbons (Fsp3) is 0.571. The molecule has 0 aromatic heterocycles. The van der Waals surface area contributed by atoms with Crippen LogP contribution in [0.3, 0.4) is 0 Å². The summed E-state index contributed by atoms with van der Waals surface area (Å²) in [6.07, 6.45) is 4.96. The average Bonchev–Trinajstić information content (AvgIpc) is 2.35. The lowest BCUT2D eigenvalue weighted by Crippen LogP contribution is -2.37. The van der Waals surface area contributed by atoms with Gasteiger partial charge < -0.3 is 10.6 Å². The van der Waals surface area contributed by atoms with Gasteiger partial charge in [0.15, 0.2) is 0 Å². The van der Waals surface area contributed by atoms with Crippen molar-refractivity contribution in [2.24, 2.45) is 0 Å². The number of piperidine rings is 1. The maximum atomic E-state index is 6.23. The van der Waals surface area contributed by atoms with Crippen LogP contribution >= 0.6 is 39.1 Å². The van der Waals surface area contributed by atoms with Crippen molar-refractivity contribution in [2.45, 2.75) is 44.7 Å². The summed E-state index contributed by atoms with van der Waals surface area (Å²) < 4.78 is 0.898. The van der Waals surface area contributed by atoms with E-state index in [9.17, 15) is 0 Å². The van der Waals surface area contributed by atoms with Crippen LogP contribution < -0.4 is 10.6 Å². The van der Waals surface area contributed by atoms with Crippen molar-refractivity contribution >= 4 is 44.8 Å². The van der Waals surface area contributed by atoms with E-state index in [-0.39, 0.29) is 0 Å². The van der Waals surface area contributed by atoms with Crippen LogP contribution in [0, 0.1) is 0 Å². The van der Waals surface area contributed by atoms with Crippen molar-refractivity contribution in [3.63, 3.8) is 0 Å². The predicted octanol–water partition coefficient (Wildman–Crippen LogP) is 5.09. The quantitative estimate of drug-likeness (QED) is 0.776. The number of rotatable bonds is 4. The molecular weight excluding hydrogens is 347 g/mol. The number of hydrogen-bond donors (Lipinski definition) is 2. The number of halogens is 3. The molecule has 1 aromatic carbocycles. The van der Waals surface area contributed by atoms with Gasteiger partial charge in [0.1, 0.15) is 0 Å². The first-order valence-electron chi connectivity index (χ1n) is 6.70. The van der Waals surface area contributed by atoms with Gasteiger partial charge in [-0.3, -0.25) is 0 Å². The summed E-state index contributed by atoms with van der Waals surface area (Å²) in [6.45, 7) is 3.31. The third-order valence-electron chi connectivity index (χ3n) is 3.45. The van der Waals surface area contributed by atoms with Gasteiger partial charge in [-0.15, -0.1) is 0 Å². The Hall–Kier alpha value is 0.0400. The molecular formula is C14H19BrCl2N2. The van der Waals surface area contributed by atoms with Gasteiger partial charge in [0, 0.05) is 16.6 Å². The predicted molar refractivity (Wildman–Crippen MR) is 87.5 cm³/mol. The summed E-state index contributed by atoms with van der Waals surface area (Å²) >= 11 is 15.8. The van der Waals surface area contributed by atoms with E-state index in [2.05, 4.69) is 33.5 Å². The first-order chi connectivity index (χ1) is 9.06. The number of hydrogen-bond acceptors (Lipinski definition) is 2. The minimum Gasteiger partial charge on any atom is -0.380 e. The van der Waals surface area contributed by atoms with Crippen LogP contribution in [-0.2, 0) is 0 Å². The Morgan fingerprint density at radius 2 is 2.05 bits per heavy atom. The molecule has 19 heavy (non-hydrogen) atoms. The van der Waals surface area contributed by atoms with E-state index in [1.165, 1.54) is 19.3 Å². The summed E-state index contributed by atoms with van der Waals surface area (Å²) in [5, 5.41) is 8.30. The van der Waals surface area contributed by atoms with Gasteiger partial charge in [0.05, 0.1) is 15.7 Å². The van der Waals surface area contributed by atoms with Gasteiger partial charge in [-0.1, -0.05) is 45.6 Å². The summed E-state index contributed by atoms with van der Waals surface area (Å²) in [5.74, 6) is 0. The molecule has 1 aromatic rings. The average molecular weight is 366 g/mol. The second kappa shape index (κ2) is 7.16. The molecule has 1 fully saturated rings. The Bertz CT molecular complexity index is 410. The van der Waals surface area contributed by atoms with Gasteiger partial charge in [-0.2, -0.15) is 0 Å². The van der Waals surface area contributed by atoms with Gasteiger partial charge in [-0.25, -0.2) is 0 Å². The normalized spacial score (nSPS) is 21.2. The van der Waals surface area contributed by atoms with Gasteiger partial charge in [0.2, 0.25) is 0 Å². The molecule has 2 N–H and O–H groups in total. The smallest absolute Gasteiger partial charge is 0.0721 e. The molecule has 2 atom stereocenters. The summed E-state index contributed by atoms with van der Waals surface area (Å²) in [7, 11) is 0. The Labute approximate surface area is 133 Å². The van der Waals surface area contributed by atoms with Crippen LogP contribution in [0.1, 0.15) is 32.6 Å². The highest BCUT2D eigenvalue weighted by Gasteiger charge is 2.17. The highest BCUT2D eigenvalue weighted by Crippen LogP contribution is 2.34. The third-order valence-corrected chi connectivity index (χ3v) is 4.50. The fourth-order valence-corrected chi connectivity index (χ4v) is 3.85. The van der Waals surface area contributed by atoms with Crippen molar-refractivity contribution in [2.75, 3.05) is 11.9 Å². The summed E-state index contributed by atoms with van der Waals surface area (Å²) in [4.78, 5) is 0. The van der Waals surface area contributed by atoms with Crippen molar-refractivity contribution in [1.82, 2.24) is 5.32 Å². The van der Waals surface area contributed by atoms with E-state index in [4.69, 9.17) is 23.2 Å². The SMILES string of the molecule is CC(CC1CCCCN1)Nc1c(Cl)cc(Br)cc1Cl. The Kier molecular flexibility index (Phi) is 5.82. The fourth-order valence-electron chi connectivity index (χ4n) is 2.54. The van der Waals surface area contributed by atoms with Crippen LogP contribution in [-0.4, -0.2) is 18.6 Å². The molecule has 0 aliphatic carbocycles. The lowest BCUT2D eigenvalue weighted by atomic mass is 9.98. The Morgan fingerprint density at radius 1 is 1.37 bits per heavy atom. The van der Waals surface area contributed by atoms with Crippen LogP contribution in [0.25, 0.3) is 0 Å². The Morgan fingerprint density at radius 3 is 2.63 bits per heavy atom. The minimum atomic E-state index is 0.340. The molecule has 1 heterocycles. The van der Waals surface area contributed by atoms with E-state index in [1.807, 2.05) is 12.1 Å². The molecule has 0 saturated carbocycles. The zero-order chi connectivity index (χ0) is 13.8. The molecule has 2 rings (SSSR count). The molecule has 1 saturated heterocycles.